The summed E-state index contributed by atoms with van der Waals surface area (Å²) in [5, 5.41) is 14.3. The number of hydrogen-bond donors (Lipinski definition) is 2. The lowest BCUT2D eigenvalue weighted by Crippen LogP contribution is -2.30. The number of non-ortho nitro benzene ring substituents is 1. The van der Waals surface area contributed by atoms with Crippen LogP contribution in [0.25, 0.3) is 10.9 Å². The minimum Gasteiger partial charge on any atom is -0.453 e. The highest BCUT2D eigenvalue weighted by Gasteiger charge is 2.19. The van der Waals surface area contributed by atoms with Crippen molar-refractivity contribution in [3.8, 4) is 0 Å². The van der Waals surface area contributed by atoms with E-state index in [2.05, 4.69) is 10.3 Å². The Bertz CT molecular complexity index is 1030. The topological polar surface area (TPSA) is 114 Å². The molecule has 0 aliphatic rings. The first-order chi connectivity index (χ1) is 13.4. The van der Waals surface area contributed by atoms with Gasteiger partial charge in [0.05, 0.1) is 4.92 Å². The number of nitrogens with one attached hydrogen (secondary N) is 2. The Labute approximate surface area is 160 Å². The number of nitro groups is 1. The first-order valence-corrected chi connectivity index (χ1v) is 8.74. The Hall–Kier alpha value is -3.68. The highest BCUT2D eigenvalue weighted by Crippen LogP contribution is 2.20. The molecule has 0 fully saturated rings. The molecule has 1 atom stereocenters. The molecule has 0 aliphatic carbocycles. The van der Waals surface area contributed by atoms with Crippen molar-refractivity contribution in [2.24, 2.45) is 0 Å². The standard InChI is InChI=1S/C20H19N3O5/c1-13(20(25)22-15-5-4-6-16(11-15)23(26)27)28-19(24)10-9-14-12-21-18-8-3-2-7-17(14)18/h2-8,11-13,21H,9-10H2,1H3,(H,22,25)/t13-/m1/s1. The molecule has 1 heterocycles. The smallest absolute Gasteiger partial charge is 0.306 e. The van der Waals surface area contributed by atoms with Gasteiger partial charge in [-0.15, -0.1) is 0 Å². The lowest BCUT2D eigenvalue weighted by atomic mass is 10.1. The number of aromatic amines is 1. The second-order valence-electron chi connectivity index (χ2n) is 6.29. The molecule has 1 aromatic heterocycles. The summed E-state index contributed by atoms with van der Waals surface area (Å²) >= 11 is 0. The summed E-state index contributed by atoms with van der Waals surface area (Å²) in [6.07, 6.45) is 1.46. The highest BCUT2D eigenvalue weighted by atomic mass is 16.6. The third-order valence-electron chi connectivity index (χ3n) is 4.28. The number of aryl methyl sites for hydroxylation is 1. The Morgan fingerprint density at radius 1 is 1.21 bits per heavy atom. The van der Waals surface area contributed by atoms with E-state index in [1.165, 1.54) is 31.2 Å². The number of hydrogen-bond acceptors (Lipinski definition) is 5. The molecule has 28 heavy (non-hydrogen) atoms. The average Bonchev–Trinajstić information content (AvgIpc) is 3.09. The molecular formula is C20H19N3O5. The summed E-state index contributed by atoms with van der Waals surface area (Å²) in [4.78, 5) is 37.6. The van der Waals surface area contributed by atoms with Gasteiger partial charge in [-0.3, -0.25) is 19.7 Å². The summed E-state index contributed by atoms with van der Waals surface area (Å²) in [6, 6.07) is 13.3. The van der Waals surface area contributed by atoms with Crippen molar-refractivity contribution in [2.75, 3.05) is 5.32 Å². The summed E-state index contributed by atoms with van der Waals surface area (Å²) in [5.74, 6) is -1.05. The third kappa shape index (κ3) is 4.53. The first-order valence-electron chi connectivity index (χ1n) is 8.74. The number of amides is 1. The zero-order valence-electron chi connectivity index (χ0n) is 15.2. The summed E-state index contributed by atoms with van der Waals surface area (Å²) in [6.45, 7) is 1.45. The SMILES string of the molecule is C[C@@H](OC(=O)CCc1c[nH]c2ccccc12)C(=O)Nc1cccc([N+](=O)[O-])c1. The zero-order chi connectivity index (χ0) is 20.1. The Morgan fingerprint density at radius 2 is 2.00 bits per heavy atom. The fourth-order valence-electron chi connectivity index (χ4n) is 2.83. The molecule has 3 aromatic rings. The van der Waals surface area contributed by atoms with E-state index in [0.29, 0.717) is 6.42 Å². The number of fused-ring (bicyclic) bond motifs is 1. The van der Waals surface area contributed by atoms with Crippen molar-refractivity contribution < 1.29 is 19.2 Å². The van der Waals surface area contributed by atoms with Crippen LogP contribution in [0.15, 0.2) is 54.7 Å². The normalized spacial score (nSPS) is 11.8. The lowest BCUT2D eigenvalue weighted by molar-refractivity contribution is -0.384. The first kappa shape index (κ1) is 19.1. The van der Waals surface area contributed by atoms with Crippen LogP contribution >= 0.6 is 0 Å². The van der Waals surface area contributed by atoms with E-state index in [0.717, 1.165) is 16.5 Å². The summed E-state index contributed by atoms with van der Waals surface area (Å²) < 4.78 is 5.18. The number of nitrogens with zero attached hydrogens (tertiary/aromatic N) is 1. The maximum absolute atomic E-state index is 12.2. The number of aromatic nitrogens is 1. The molecule has 3 rings (SSSR count). The van der Waals surface area contributed by atoms with Crippen LogP contribution in [0.1, 0.15) is 18.9 Å². The van der Waals surface area contributed by atoms with E-state index < -0.39 is 22.9 Å². The number of carbonyl (C=O) groups excluding carboxylic acids is 2. The largest absolute Gasteiger partial charge is 0.453 e. The number of carbonyl (C=O) groups is 2. The second kappa shape index (κ2) is 8.34. The van der Waals surface area contributed by atoms with Crippen molar-refractivity contribution in [2.45, 2.75) is 25.9 Å². The number of benzene rings is 2. The fraction of sp³-hybridized carbons (Fsp3) is 0.200. The van der Waals surface area contributed by atoms with Gasteiger partial charge in [0.15, 0.2) is 6.10 Å². The quantitative estimate of drug-likeness (QED) is 0.369. The monoisotopic (exact) mass is 381 g/mol. The number of H-pyrrole nitrogens is 1. The molecule has 144 valence electrons. The molecule has 0 aliphatic heterocycles. The van der Waals surface area contributed by atoms with E-state index >= 15 is 0 Å². The molecular weight excluding hydrogens is 362 g/mol. The molecule has 0 saturated heterocycles. The van der Waals surface area contributed by atoms with Crippen LogP contribution in [0.4, 0.5) is 11.4 Å². The number of rotatable bonds is 7. The molecule has 2 aromatic carbocycles. The molecule has 0 bridgehead atoms. The predicted molar refractivity (Wildman–Crippen MR) is 104 cm³/mol. The van der Waals surface area contributed by atoms with Gasteiger partial charge in [-0.1, -0.05) is 24.3 Å². The maximum Gasteiger partial charge on any atom is 0.306 e. The van der Waals surface area contributed by atoms with Crippen LogP contribution in [-0.2, 0) is 20.7 Å². The Morgan fingerprint density at radius 3 is 2.79 bits per heavy atom. The Kier molecular flexibility index (Phi) is 5.69. The summed E-state index contributed by atoms with van der Waals surface area (Å²) in [5.41, 5.74) is 2.12. The van der Waals surface area contributed by atoms with E-state index in [-0.39, 0.29) is 17.8 Å². The van der Waals surface area contributed by atoms with Gasteiger partial charge in [0, 0.05) is 41.3 Å². The van der Waals surface area contributed by atoms with Crippen molar-refractivity contribution in [1.82, 2.24) is 4.98 Å². The van der Waals surface area contributed by atoms with Crippen molar-refractivity contribution in [1.29, 1.82) is 0 Å². The van der Waals surface area contributed by atoms with Gasteiger partial charge in [0.1, 0.15) is 0 Å². The molecule has 8 heteroatoms. The van der Waals surface area contributed by atoms with Crippen molar-refractivity contribution in [3.63, 3.8) is 0 Å². The van der Waals surface area contributed by atoms with Crippen LogP contribution in [0.5, 0.6) is 0 Å². The molecule has 0 radical (unpaired) electrons. The van der Waals surface area contributed by atoms with E-state index in [1.54, 1.807) is 0 Å². The molecule has 1 amide bonds. The summed E-state index contributed by atoms with van der Waals surface area (Å²) in [7, 11) is 0. The van der Waals surface area contributed by atoms with Crippen LogP contribution in [0.3, 0.4) is 0 Å². The zero-order valence-corrected chi connectivity index (χ0v) is 15.2. The van der Waals surface area contributed by atoms with Crippen molar-refractivity contribution >= 4 is 34.2 Å². The molecule has 2 N–H and O–H groups in total. The van der Waals surface area contributed by atoms with Gasteiger partial charge >= 0.3 is 5.97 Å². The number of ether oxygens (including phenoxy) is 1. The predicted octanol–water partition coefficient (Wildman–Crippen LogP) is 3.58. The van der Waals surface area contributed by atoms with Gasteiger partial charge in [0.25, 0.3) is 11.6 Å². The molecule has 8 nitrogen and oxygen atoms in total. The van der Waals surface area contributed by atoms with Crippen LogP contribution in [0.2, 0.25) is 0 Å². The van der Waals surface area contributed by atoms with E-state index in [4.69, 9.17) is 4.74 Å². The minimum atomic E-state index is -1.02. The van der Waals surface area contributed by atoms with Crippen LogP contribution in [-0.4, -0.2) is 27.9 Å². The molecule has 0 saturated carbocycles. The third-order valence-corrected chi connectivity index (χ3v) is 4.28. The lowest BCUT2D eigenvalue weighted by Gasteiger charge is -2.13. The number of esters is 1. The number of anilines is 1. The Balaban J connectivity index is 1.52. The maximum atomic E-state index is 12.2. The van der Waals surface area contributed by atoms with Gasteiger partial charge in [-0.2, -0.15) is 0 Å². The fourth-order valence-corrected chi connectivity index (χ4v) is 2.83. The van der Waals surface area contributed by atoms with E-state index in [1.807, 2.05) is 30.5 Å². The van der Waals surface area contributed by atoms with Crippen molar-refractivity contribution in [3.05, 3.63) is 70.4 Å². The molecule has 0 spiro atoms. The van der Waals surface area contributed by atoms with Gasteiger partial charge in [-0.25, -0.2) is 0 Å². The average molecular weight is 381 g/mol. The minimum absolute atomic E-state index is 0.135. The van der Waals surface area contributed by atoms with Gasteiger partial charge in [0.2, 0.25) is 0 Å². The van der Waals surface area contributed by atoms with Gasteiger partial charge < -0.3 is 15.0 Å². The number of nitro benzene ring substituents is 1. The van der Waals surface area contributed by atoms with E-state index in [9.17, 15) is 19.7 Å². The number of para-hydroxylation sites is 1. The van der Waals surface area contributed by atoms with Crippen LogP contribution in [0, 0.1) is 10.1 Å². The highest BCUT2D eigenvalue weighted by molar-refractivity contribution is 5.95. The molecule has 0 unspecified atom stereocenters. The van der Waals surface area contributed by atoms with Crippen LogP contribution < -0.4 is 5.32 Å². The second-order valence-corrected chi connectivity index (χ2v) is 6.29. The van der Waals surface area contributed by atoms with Gasteiger partial charge in [-0.05, 0) is 31.0 Å².